The molecule has 0 aliphatic rings. The summed E-state index contributed by atoms with van der Waals surface area (Å²) in [6.45, 7) is 1.71. The predicted molar refractivity (Wildman–Crippen MR) is 69.9 cm³/mol. The zero-order chi connectivity index (χ0) is 12.3. The maximum absolute atomic E-state index is 12.0. The van der Waals surface area contributed by atoms with Gasteiger partial charge in [0.05, 0.1) is 6.04 Å². The van der Waals surface area contributed by atoms with E-state index < -0.39 is 6.04 Å². The van der Waals surface area contributed by atoms with Crippen LogP contribution in [0.4, 0.5) is 0 Å². The van der Waals surface area contributed by atoms with Crippen LogP contribution in [-0.2, 0) is 0 Å². The van der Waals surface area contributed by atoms with Crippen LogP contribution in [0.1, 0.15) is 17.3 Å². The van der Waals surface area contributed by atoms with E-state index in [1.165, 1.54) is 0 Å². The van der Waals surface area contributed by atoms with Gasteiger partial charge in [-0.3, -0.25) is 4.79 Å². The van der Waals surface area contributed by atoms with Gasteiger partial charge in [-0.15, -0.1) is 0 Å². The van der Waals surface area contributed by atoms with Crippen LogP contribution in [0.3, 0.4) is 0 Å². The normalized spacial score (nSPS) is 12.1. The van der Waals surface area contributed by atoms with Crippen molar-refractivity contribution in [3.8, 4) is 11.1 Å². The van der Waals surface area contributed by atoms with E-state index in [0.717, 1.165) is 11.1 Å². The highest BCUT2D eigenvalue weighted by Gasteiger charge is 2.15. The van der Waals surface area contributed by atoms with E-state index in [0.29, 0.717) is 5.56 Å². The third-order valence-electron chi connectivity index (χ3n) is 2.69. The highest BCUT2D eigenvalue weighted by molar-refractivity contribution is 6.05. The number of rotatable bonds is 3. The Hall–Kier alpha value is -1.93. The molecule has 0 saturated heterocycles. The Labute approximate surface area is 101 Å². The van der Waals surface area contributed by atoms with Gasteiger partial charge in [0.2, 0.25) is 0 Å². The number of hydrogen-bond donors (Lipinski definition) is 1. The zero-order valence-electron chi connectivity index (χ0n) is 9.76. The predicted octanol–water partition coefficient (Wildman–Crippen LogP) is 2.88. The lowest BCUT2D eigenvalue weighted by molar-refractivity contribution is 0.0968. The topological polar surface area (TPSA) is 43.1 Å². The molecular formula is C15H15NO. The van der Waals surface area contributed by atoms with Crippen molar-refractivity contribution >= 4 is 5.78 Å². The fraction of sp³-hybridized carbons (Fsp3) is 0.133. The lowest BCUT2D eigenvalue weighted by Crippen LogP contribution is -2.27. The molecule has 2 aromatic carbocycles. The summed E-state index contributed by atoms with van der Waals surface area (Å²) in [4.78, 5) is 12.0. The molecule has 0 aromatic heterocycles. The quantitative estimate of drug-likeness (QED) is 0.816. The molecule has 0 amide bonds. The van der Waals surface area contributed by atoms with Crippen LogP contribution in [0, 0.1) is 0 Å². The zero-order valence-corrected chi connectivity index (χ0v) is 9.76. The van der Waals surface area contributed by atoms with Gasteiger partial charge in [0.1, 0.15) is 0 Å². The van der Waals surface area contributed by atoms with Crippen LogP contribution in [0.5, 0.6) is 0 Å². The first-order valence-electron chi connectivity index (χ1n) is 5.64. The second-order valence-corrected chi connectivity index (χ2v) is 4.06. The molecule has 0 saturated carbocycles. The van der Waals surface area contributed by atoms with Gasteiger partial charge in [-0.05, 0) is 18.1 Å². The van der Waals surface area contributed by atoms with Crippen molar-refractivity contribution in [3.63, 3.8) is 0 Å². The summed E-state index contributed by atoms with van der Waals surface area (Å²) >= 11 is 0. The van der Waals surface area contributed by atoms with Gasteiger partial charge < -0.3 is 5.73 Å². The van der Waals surface area contributed by atoms with Gasteiger partial charge in [-0.25, -0.2) is 0 Å². The number of ketones is 1. The third-order valence-corrected chi connectivity index (χ3v) is 2.69. The largest absolute Gasteiger partial charge is 0.321 e. The van der Waals surface area contributed by atoms with Gasteiger partial charge in [0.15, 0.2) is 5.78 Å². The number of nitrogens with two attached hydrogens (primary N) is 1. The molecule has 2 N–H and O–H groups in total. The minimum absolute atomic E-state index is 0.0237. The van der Waals surface area contributed by atoms with E-state index in [9.17, 15) is 4.79 Å². The molecule has 0 bridgehead atoms. The molecule has 0 aliphatic heterocycles. The standard InChI is InChI=1S/C15H15NO/c1-11(16)15(17)14-10-6-5-9-13(14)12-7-3-2-4-8-12/h2-11H,16H2,1H3. The van der Waals surface area contributed by atoms with Crippen molar-refractivity contribution in [3.05, 3.63) is 60.2 Å². The molecule has 0 radical (unpaired) electrons. The fourth-order valence-corrected chi connectivity index (χ4v) is 1.81. The molecule has 2 nitrogen and oxygen atoms in total. The van der Waals surface area contributed by atoms with E-state index in [1.807, 2.05) is 54.6 Å². The minimum Gasteiger partial charge on any atom is -0.321 e. The highest BCUT2D eigenvalue weighted by atomic mass is 16.1. The summed E-state index contributed by atoms with van der Waals surface area (Å²) in [5.41, 5.74) is 8.33. The highest BCUT2D eigenvalue weighted by Crippen LogP contribution is 2.24. The average molecular weight is 225 g/mol. The lowest BCUT2D eigenvalue weighted by atomic mass is 9.95. The van der Waals surface area contributed by atoms with Gasteiger partial charge in [-0.2, -0.15) is 0 Å². The van der Waals surface area contributed by atoms with Crippen LogP contribution in [0.25, 0.3) is 11.1 Å². The van der Waals surface area contributed by atoms with E-state index in [1.54, 1.807) is 6.92 Å². The minimum atomic E-state index is -0.472. The molecular weight excluding hydrogens is 210 g/mol. The van der Waals surface area contributed by atoms with E-state index in [4.69, 9.17) is 5.73 Å². The van der Waals surface area contributed by atoms with Crippen LogP contribution in [0.15, 0.2) is 54.6 Å². The number of Topliss-reactive ketones (excluding diaryl/α,β-unsaturated/α-hetero) is 1. The van der Waals surface area contributed by atoms with Crippen molar-refractivity contribution in [1.82, 2.24) is 0 Å². The summed E-state index contributed by atoms with van der Waals surface area (Å²) in [5, 5.41) is 0. The molecule has 17 heavy (non-hydrogen) atoms. The van der Waals surface area contributed by atoms with Crippen molar-refractivity contribution in [1.29, 1.82) is 0 Å². The Morgan fingerprint density at radius 2 is 1.59 bits per heavy atom. The van der Waals surface area contributed by atoms with E-state index >= 15 is 0 Å². The molecule has 2 aromatic rings. The van der Waals surface area contributed by atoms with Crippen molar-refractivity contribution < 1.29 is 4.79 Å². The van der Waals surface area contributed by atoms with Crippen molar-refractivity contribution in [2.75, 3.05) is 0 Å². The number of carbonyl (C=O) groups excluding carboxylic acids is 1. The SMILES string of the molecule is CC(N)C(=O)c1ccccc1-c1ccccc1. The molecule has 86 valence electrons. The summed E-state index contributed by atoms with van der Waals surface area (Å²) in [5.74, 6) is -0.0237. The van der Waals surface area contributed by atoms with Crippen LogP contribution in [0.2, 0.25) is 0 Å². The average Bonchev–Trinajstić information content (AvgIpc) is 2.39. The maximum atomic E-state index is 12.0. The third kappa shape index (κ3) is 2.43. The van der Waals surface area contributed by atoms with Crippen LogP contribution >= 0.6 is 0 Å². The Morgan fingerprint density at radius 3 is 2.24 bits per heavy atom. The molecule has 1 atom stereocenters. The summed E-state index contributed by atoms with van der Waals surface area (Å²) in [6.07, 6.45) is 0. The molecule has 1 unspecified atom stereocenters. The van der Waals surface area contributed by atoms with Gasteiger partial charge in [-0.1, -0.05) is 54.6 Å². The van der Waals surface area contributed by atoms with E-state index in [-0.39, 0.29) is 5.78 Å². The Bertz CT molecular complexity index is 517. The van der Waals surface area contributed by atoms with Crippen molar-refractivity contribution in [2.45, 2.75) is 13.0 Å². The molecule has 2 heteroatoms. The van der Waals surface area contributed by atoms with Gasteiger partial charge in [0.25, 0.3) is 0 Å². The second-order valence-electron chi connectivity index (χ2n) is 4.06. The molecule has 2 rings (SSSR count). The Morgan fingerprint density at radius 1 is 1.00 bits per heavy atom. The number of carbonyl (C=O) groups is 1. The summed E-state index contributed by atoms with van der Waals surface area (Å²) in [6, 6.07) is 17.0. The Balaban J connectivity index is 2.52. The van der Waals surface area contributed by atoms with Crippen molar-refractivity contribution in [2.24, 2.45) is 5.73 Å². The molecule has 0 aliphatic carbocycles. The first-order chi connectivity index (χ1) is 8.20. The molecule has 0 heterocycles. The summed E-state index contributed by atoms with van der Waals surface area (Å²) < 4.78 is 0. The fourth-order valence-electron chi connectivity index (χ4n) is 1.81. The Kier molecular flexibility index (Phi) is 3.35. The first-order valence-corrected chi connectivity index (χ1v) is 5.64. The van der Waals surface area contributed by atoms with Gasteiger partial charge >= 0.3 is 0 Å². The smallest absolute Gasteiger partial charge is 0.179 e. The maximum Gasteiger partial charge on any atom is 0.179 e. The number of hydrogen-bond acceptors (Lipinski definition) is 2. The molecule has 0 fully saturated rings. The molecule has 0 spiro atoms. The van der Waals surface area contributed by atoms with E-state index in [2.05, 4.69) is 0 Å². The number of benzene rings is 2. The first kappa shape index (κ1) is 11.6. The summed E-state index contributed by atoms with van der Waals surface area (Å²) in [7, 11) is 0. The lowest BCUT2D eigenvalue weighted by Gasteiger charge is -2.10. The monoisotopic (exact) mass is 225 g/mol. The second kappa shape index (κ2) is 4.93. The van der Waals surface area contributed by atoms with Crippen LogP contribution in [-0.4, -0.2) is 11.8 Å². The van der Waals surface area contributed by atoms with Gasteiger partial charge in [0, 0.05) is 5.56 Å². The van der Waals surface area contributed by atoms with Crippen LogP contribution < -0.4 is 5.73 Å².